The fourth-order valence-electron chi connectivity index (χ4n) is 3.19. The van der Waals surface area contributed by atoms with Crippen molar-refractivity contribution in [2.24, 2.45) is 0 Å². The summed E-state index contributed by atoms with van der Waals surface area (Å²) in [5.74, 6) is 1.63. The molecule has 0 aliphatic carbocycles. The molecule has 1 aliphatic rings. The minimum absolute atomic E-state index is 0.172. The third-order valence-corrected chi connectivity index (χ3v) is 4.34. The minimum atomic E-state index is -0.412. The second-order valence-corrected chi connectivity index (χ2v) is 5.86. The Morgan fingerprint density at radius 2 is 1.71 bits per heavy atom. The molecule has 0 saturated heterocycles. The van der Waals surface area contributed by atoms with Crippen molar-refractivity contribution in [3.63, 3.8) is 0 Å². The van der Waals surface area contributed by atoms with Crippen molar-refractivity contribution in [2.45, 2.75) is 6.54 Å². The van der Waals surface area contributed by atoms with Crippen LogP contribution in [0.4, 0.5) is 10.1 Å². The molecule has 0 unspecified atom stereocenters. The maximum atomic E-state index is 14.3. The summed E-state index contributed by atoms with van der Waals surface area (Å²) in [6.45, 7) is 0.537. The van der Waals surface area contributed by atoms with Gasteiger partial charge in [0.2, 0.25) is 5.95 Å². The third-order valence-electron chi connectivity index (χ3n) is 4.34. The molecule has 0 saturated carbocycles. The zero-order chi connectivity index (χ0) is 16.4. The summed E-state index contributed by atoms with van der Waals surface area (Å²) in [4.78, 5) is 6.05. The number of halogens is 1. The SMILES string of the molecule is Fc1ncccc1B1C=Cc2ccccc2N1Cc1ccccc1. The van der Waals surface area contributed by atoms with Crippen LogP contribution in [0, 0.1) is 5.95 Å². The van der Waals surface area contributed by atoms with Gasteiger partial charge in [-0.15, -0.1) is 0 Å². The lowest BCUT2D eigenvalue weighted by Crippen LogP contribution is -2.50. The van der Waals surface area contributed by atoms with E-state index < -0.39 is 5.95 Å². The van der Waals surface area contributed by atoms with Crippen LogP contribution in [0.5, 0.6) is 0 Å². The number of benzene rings is 2. The number of pyridine rings is 1. The van der Waals surface area contributed by atoms with Gasteiger partial charge in [0.1, 0.15) is 0 Å². The number of fused-ring (bicyclic) bond motifs is 1. The van der Waals surface area contributed by atoms with Gasteiger partial charge in [0, 0.05) is 23.9 Å². The van der Waals surface area contributed by atoms with Crippen molar-refractivity contribution >= 4 is 24.1 Å². The Hall–Kier alpha value is -2.88. The lowest BCUT2D eigenvalue weighted by molar-refractivity contribution is 0.591. The van der Waals surface area contributed by atoms with E-state index in [0.717, 1.165) is 11.3 Å². The number of rotatable bonds is 3. The number of anilines is 1. The molecular formula is C20H16BFN2. The molecule has 1 aromatic heterocycles. The average molecular weight is 314 g/mol. The Labute approximate surface area is 141 Å². The van der Waals surface area contributed by atoms with E-state index in [0.29, 0.717) is 12.0 Å². The summed E-state index contributed by atoms with van der Waals surface area (Å²) in [5, 5.41) is 0. The first kappa shape index (κ1) is 14.7. The first-order valence-electron chi connectivity index (χ1n) is 8.01. The molecule has 2 nitrogen and oxygen atoms in total. The van der Waals surface area contributed by atoms with E-state index in [9.17, 15) is 4.39 Å². The Bertz CT molecular complexity index is 880. The minimum Gasteiger partial charge on any atom is -0.403 e. The number of para-hydroxylation sites is 1. The Morgan fingerprint density at radius 3 is 2.54 bits per heavy atom. The van der Waals surface area contributed by atoms with Gasteiger partial charge < -0.3 is 4.81 Å². The molecule has 4 rings (SSSR count). The molecule has 0 amide bonds. The quantitative estimate of drug-likeness (QED) is 0.541. The first-order valence-corrected chi connectivity index (χ1v) is 8.01. The lowest BCUT2D eigenvalue weighted by atomic mass is 9.52. The molecule has 0 N–H and O–H groups in total. The fourth-order valence-corrected chi connectivity index (χ4v) is 3.19. The Balaban J connectivity index is 1.79. The van der Waals surface area contributed by atoms with E-state index in [4.69, 9.17) is 0 Å². The standard InChI is InChI=1S/C20H16BFN2/c22-20-18(10-6-14-23-20)21-13-12-17-9-4-5-11-19(17)24(21)15-16-7-2-1-3-8-16/h1-14H,15H2. The highest BCUT2D eigenvalue weighted by Crippen LogP contribution is 2.29. The van der Waals surface area contributed by atoms with Gasteiger partial charge in [-0.2, -0.15) is 4.39 Å². The molecule has 0 atom stereocenters. The van der Waals surface area contributed by atoms with Crippen molar-refractivity contribution in [1.82, 2.24) is 4.98 Å². The zero-order valence-electron chi connectivity index (χ0n) is 13.1. The topological polar surface area (TPSA) is 16.1 Å². The smallest absolute Gasteiger partial charge is 0.320 e. The number of hydrogen-bond donors (Lipinski definition) is 0. The summed E-state index contributed by atoms with van der Waals surface area (Å²) in [7, 11) is 0. The van der Waals surface area contributed by atoms with E-state index in [1.165, 1.54) is 11.8 Å². The van der Waals surface area contributed by atoms with Gasteiger partial charge >= 0.3 is 6.85 Å². The molecule has 0 fully saturated rings. The van der Waals surface area contributed by atoms with Crippen LogP contribution < -0.4 is 10.3 Å². The Morgan fingerprint density at radius 1 is 0.917 bits per heavy atom. The van der Waals surface area contributed by atoms with Crippen LogP contribution in [0.3, 0.4) is 0 Å². The molecule has 116 valence electrons. The van der Waals surface area contributed by atoms with E-state index >= 15 is 0 Å². The van der Waals surface area contributed by atoms with Gasteiger partial charge in [0.15, 0.2) is 0 Å². The second kappa shape index (κ2) is 6.32. The van der Waals surface area contributed by atoms with E-state index in [1.807, 2.05) is 42.4 Å². The predicted octanol–water partition coefficient (Wildman–Crippen LogP) is 3.69. The van der Waals surface area contributed by atoms with Crippen LogP contribution in [0.25, 0.3) is 6.08 Å². The molecule has 4 heteroatoms. The van der Waals surface area contributed by atoms with Crippen molar-refractivity contribution in [1.29, 1.82) is 0 Å². The zero-order valence-corrected chi connectivity index (χ0v) is 13.1. The molecule has 2 aromatic carbocycles. The number of nitrogens with zero attached hydrogens (tertiary/aromatic N) is 2. The number of aromatic nitrogens is 1. The molecule has 0 spiro atoms. The van der Waals surface area contributed by atoms with E-state index in [1.54, 1.807) is 6.07 Å². The molecule has 24 heavy (non-hydrogen) atoms. The van der Waals surface area contributed by atoms with Gasteiger partial charge in [-0.3, -0.25) is 0 Å². The highest BCUT2D eigenvalue weighted by molar-refractivity contribution is 6.82. The second-order valence-electron chi connectivity index (χ2n) is 5.86. The molecule has 0 bridgehead atoms. The normalized spacial score (nSPS) is 13.0. The van der Waals surface area contributed by atoms with Crippen LogP contribution in [0.15, 0.2) is 78.9 Å². The maximum Gasteiger partial charge on any atom is 0.320 e. The summed E-state index contributed by atoms with van der Waals surface area (Å²) < 4.78 is 14.3. The van der Waals surface area contributed by atoms with Crippen molar-refractivity contribution < 1.29 is 4.39 Å². The summed E-state index contributed by atoms with van der Waals surface area (Å²) >= 11 is 0. The molecule has 3 aromatic rings. The maximum absolute atomic E-state index is 14.3. The Kier molecular flexibility index (Phi) is 3.87. The highest BCUT2D eigenvalue weighted by Gasteiger charge is 2.30. The summed E-state index contributed by atoms with van der Waals surface area (Å²) in [6, 6.07) is 22.1. The van der Waals surface area contributed by atoms with Crippen molar-refractivity contribution in [3.05, 3.63) is 96.0 Å². The van der Waals surface area contributed by atoms with Gasteiger partial charge in [-0.05, 0) is 23.3 Å². The average Bonchev–Trinajstić information content (AvgIpc) is 2.64. The van der Waals surface area contributed by atoms with Crippen LogP contribution in [0.2, 0.25) is 0 Å². The summed E-state index contributed by atoms with van der Waals surface area (Å²) in [5.41, 5.74) is 4.04. The third kappa shape index (κ3) is 2.71. The van der Waals surface area contributed by atoms with Gasteiger partial charge in [-0.25, -0.2) is 4.98 Å². The number of hydrogen-bond acceptors (Lipinski definition) is 2. The van der Waals surface area contributed by atoms with Gasteiger partial charge in [-0.1, -0.05) is 66.6 Å². The highest BCUT2D eigenvalue weighted by atomic mass is 19.1. The van der Waals surface area contributed by atoms with Crippen LogP contribution in [-0.2, 0) is 6.54 Å². The van der Waals surface area contributed by atoms with Crippen LogP contribution >= 0.6 is 0 Å². The largest absolute Gasteiger partial charge is 0.403 e. The van der Waals surface area contributed by atoms with Crippen molar-refractivity contribution in [3.8, 4) is 0 Å². The predicted molar refractivity (Wildman–Crippen MR) is 97.7 cm³/mol. The molecular weight excluding hydrogens is 298 g/mol. The van der Waals surface area contributed by atoms with Crippen molar-refractivity contribution in [2.75, 3.05) is 4.81 Å². The fraction of sp³-hybridized carbons (Fsp3) is 0.0500. The molecule has 2 heterocycles. The van der Waals surface area contributed by atoms with Gasteiger partial charge in [0.05, 0.1) is 0 Å². The van der Waals surface area contributed by atoms with E-state index in [-0.39, 0.29) is 6.85 Å². The molecule has 1 aliphatic heterocycles. The van der Waals surface area contributed by atoms with Crippen LogP contribution in [0.1, 0.15) is 11.1 Å². The lowest BCUT2D eigenvalue weighted by Gasteiger charge is -2.34. The molecule has 0 radical (unpaired) electrons. The first-order chi connectivity index (χ1) is 11.8. The van der Waals surface area contributed by atoms with Crippen LogP contribution in [-0.4, -0.2) is 11.8 Å². The monoisotopic (exact) mass is 314 g/mol. The summed E-state index contributed by atoms with van der Waals surface area (Å²) in [6.07, 6.45) is 3.55. The van der Waals surface area contributed by atoms with E-state index in [2.05, 4.69) is 40.1 Å². The van der Waals surface area contributed by atoms with Gasteiger partial charge in [0.25, 0.3) is 0 Å².